The lowest BCUT2D eigenvalue weighted by Gasteiger charge is -2.20. The monoisotopic (exact) mass is 281 g/mol. The smallest absolute Gasteiger partial charge is 0.211 e. The van der Waals surface area contributed by atoms with Crippen LogP contribution in [0.25, 0.3) is 0 Å². The Hall–Kier alpha value is 0.200. The number of hydrogen-bond donors (Lipinski definition) is 1. The van der Waals surface area contributed by atoms with Gasteiger partial charge in [0.2, 0.25) is 10.0 Å². The number of halogens is 1. The third-order valence-electron chi connectivity index (χ3n) is 3.88. The summed E-state index contributed by atoms with van der Waals surface area (Å²) in [6, 6.07) is 0.140. The average Bonchev–Trinajstić information content (AvgIpc) is 2.60. The van der Waals surface area contributed by atoms with Crippen molar-refractivity contribution in [2.24, 2.45) is 11.8 Å². The second-order valence-corrected chi connectivity index (χ2v) is 7.30. The predicted octanol–water partition coefficient (Wildman–Crippen LogP) is 2.75. The molecule has 0 aliphatic heterocycles. The molecule has 1 aliphatic carbocycles. The molecule has 0 saturated heterocycles. The molecule has 1 saturated carbocycles. The van der Waals surface area contributed by atoms with E-state index in [0.717, 1.165) is 25.7 Å². The number of nitrogens with one attached hydrogen (secondary N) is 1. The van der Waals surface area contributed by atoms with Crippen molar-refractivity contribution in [3.63, 3.8) is 0 Å². The fourth-order valence-corrected chi connectivity index (χ4v) is 4.35. The maximum Gasteiger partial charge on any atom is 0.211 e. The molecule has 5 heteroatoms. The van der Waals surface area contributed by atoms with Gasteiger partial charge in [0.15, 0.2) is 0 Å². The first-order chi connectivity index (χ1) is 8.00. The first-order valence-corrected chi connectivity index (χ1v) is 8.74. The first kappa shape index (κ1) is 15.3. The van der Waals surface area contributed by atoms with E-state index in [4.69, 9.17) is 11.6 Å². The van der Waals surface area contributed by atoms with Crippen LogP contribution in [0.5, 0.6) is 0 Å². The van der Waals surface area contributed by atoms with Gasteiger partial charge in [-0.1, -0.05) is 20.3 Å². The molecule has 3 atom stereocenters. The summed E-state index contributed by atoms with van der Waals surface area (Å²) in [7, 11) is -3.11. The second-order valence-electron chi connectivity index (χ2n) is 5.04. The van der Waals surface area contributed by atoms with Gasteiger partial charge in [-0.05, 0) is 37.5 Å². The Bertz CT molecular complexity index is 318. The van der Waals surface area contributed by atoms with Gasteiger partial charge in [-0.25, -0.2) is 13.1 Å². The first-order valence-electron chi connectivity index (χ1n) is 6.56. The lowest BCUT2D eigenvalue weighted by atomic mass is 9.94. The van der Waals surface area contributed by atoms with Gasteiger partial charge in [-0.2, -0.15) is 0 Å². The number of hydrogen-bond acceptors (Lipinski definition) is 2. The van der Waals surface area contributed by atoms with Crippen LogP contribution in [-0.2, 0) is 10.0 Å². The summed E-state index contributed by atoms with van der Waals surface area (Å²) in [4.78, 5) is 0. The fraction of sp³-hybridized carbons (Fsp3) is 1.00. The summed E-state index contributed by atoms with van der Waals surface area (Å²) in [6.45, 7) is 4.34. The van der Waals surface area contributed by atoms with Gasteiger partial charge < -0.3 is 0 Å². The fourth-order valence-electron chi connectivity index (χ4n) is 2.67. The maximum absolute atomic E-state index is 11.8. The highest BCUT2D eigenvalue weighted by atomic mass is 35.5. The van der Waals surface area contributed by atoms with Crippen LogP contribution in [0.3, 0.4) is 0 Å². The minimum Gasteiger partial charge on any atom is -0.212 e. The third kappa shape index (κ3) is 4.76. The summed E-state index contributed by atoms with van der Waals surface area (Å²) in [5.74, 6) is 1.88. The van der Waals surface area contributed by atoms with E-state index in [9.17, 15) is 8.42 Å². The Morgan fingerprint density at radius 3 is 2.53 bits per heavy atom. The van der Waals surface area contributed by atoms with Crippen LogP contribution in [0, 0.1) is 11.8 Å². The number of unbranched alkanes of at least 4 members (excludes halogenated alkanes) is 1. The molecule has 1 fully saturated rings. The van der Waals surface area contributed by atoms with Gasteiger partial charge in [0.25, 0.3) is 0 Å². The zero-order valence-corrected chi connectivity index (χ0v) is 12.4. The number of alkyl halides is 1. The second kappa shape index (κ2) is 6.95. The van der Waals surface area contributed by atoms with Crippen LogP contribution in [0.15, 0.2) is 0 Å². The summed E-state index contributed by atoms with van der Waals surface area (Å²) >= 11 is 5.55. The molecular weight excluding hydrogens is 258 g/mol. The lowest BCUT2D eigenvalue weighted by Crippen LogP contribution is -2.38. The van der Waals surface area contributed by atoms with E-state index in [-0.39, 0.29) is 11.8 Å². The quantitative estimate of drug-likeness (QED) is 0.576. The van der Waals surface area contributed by atoms with Crippen LogP contribution in [0.4, 0.5) is 0 Å². The highest BCUT2D eigenvalue weighted by molar-refractivity contribution is 7.89. The Balaban J connectivity index is 2.43. The number of rotatable bonds is 7. The average molecular weight is 282 g/mol. The van der Waals surface area contributed by atoms with E-state index in [1.54, 1.807) is 0 Å². The molecule has 1 aliphatic rings. The predicted molar refractivity (Wildman–Crippen MR) is 72.8 cm³/mol. The van der Waals surface area contributed by atoms with E-state index in [0.29, 0.717) is 24.1 Å². The lowest BCUT2D eigenvalue weighted by molar-refractivity contribution is 0.368. The Morgan fingerprint density at radius 1 is 1.29 bits per heavy atom. The minimum atomic E-state index is -3.11. The molecule has 0 aromatic rings. The van der Waals surface area contributed by atoms with Crippen LogP contribution >= 0.6 is 11.6 Å². The molecule has 1 N–H and O–H groups in total. The topological polar surface area (TPSA) is 46.2 Å². The molecule has 0 radical (unpaired) electrons. The van der Waals surface area contributed by atoms with Crippen molar-refractivity contribution in [3.05, 3.63) is 0 Å². The molecule has 0 amide bonds. The van der Waals surface area contributed by atoms with Gasteiger partial charge in [-0.15, -0.1) is 11.6 Å². The van der Waals surface area contributed by atoms with Gasteiger partial charge in [-0.3, -0.25) is 0 Å². The zero-order valence-electron chi connectivity index (χ0n) is 10.8. The van der Waals surface area contributed by atoms with Gasteiger partial charge >= 0.3 is 0 Å². The molecule has 0 spiro atoms. The highest BCUT2D eigenvalue weighted by Gasteiger charge is 2.33. The largest absolute Gasteiger partial charge is 0.212 e. The molecule has 0 aromatic heterocycles. The highest BCUT2D eigenvalue weighted by Crippen LogP contribution is 2.34. The van der Waals surface area contributed by atoms with E-state index < -0.39 is 10.0 Å². The summed E-state index contributed by atoms with van der Waals surface area (Å²) in [6.07, 6.45) is 4.68. The minimum absolute atomic E-state index is 0.140. The summed E-state index contributed by atoms with van der Waals surface area (Å²) in [5, 5.41) is 0. The molecule has 0 bridgehead atoms. The van der Waals surface area contributed by atoms with Crippen molar-refractivity contribution in [2.75, 3.05) is 11.6 Å². The van der Waals surface area contributed by atoms with Crippen molar-refractivity contribution >= 4 is 21.6 Å². The Labute approximate surface area is 110 Å². The Morgan fingerprint density at radius 2 is 2.00 bits per heavy atom. The van der Waals surface area contributed by atoms with Crippen molar-refractivity contribution in [3.8, 4) is 0 Å². The molecule has 0 aromatic carbocycles. The van der Waals surface area contributed by atoms with Crippen molar-refractivity contribution < 1.29 is 8.42 Å². The van der Waals surface area contributed by atoms with Crippen LogP contribution < -0.4 is 4.72 Å². The molecular formula is C12H24ClNO2S. The van der Waals surface area contributed by atoms with E-state index in [1.807, 2.05) is 0 Å². The zero-order chi connectivity index (χ0) is 12.9. The van der Waals surface area contributed by atoms with Crippen LogP contribution in [0.1, 0.15) is 46.0 Å². The molecule has 3 unspecified atom stereocenters. The standard InChI is InChI=1S/C12H24ClNO2S/c1-3-11-6-7-12(10(11)2)14-17(15,16)9-5-4-8-13/h10-12,14H,3-9H2,1-2H3. The van der Waals surface area contributed by atoms with E-state index in [2.05, 4.69) is 18.6 Å². The van der Waals surface area contributed by atoms with Gasteiger partial charge in [0.1, 0.15) is 0 Å². The van der Waals surface area contributed by atoms with Crippen LogP contribution in [-0.4, -0.2) is 26.1 Å². The molecule has 3 nitrogen and oxygen atoms in total. The van der Waals surface area contributed by atoms with Gasteiger partial charge in [0.05, 0.1) is 5.75 Å². The third-order valence-corrected chi connectivity index (χ3v) is 5.63. The number of sulfonamides is 1. The van der Waals surface area contributed by atoms with E-state index in [1.165, 1.54) is 0 Å². The van der Waals surface area contributed by atoms with Crippen molar-refractivity contribution in [1.29, 1.82) is 0 Å². The van der Waals surface area contributed by atoms with Crippen molar-refractivity contribution in [1.82, 2.24) is 4.72 Å². The maximum atomic E-state index is 11.8. The van der Waals surface area contributed by atoms with Gasteiger partial charge in [0, 0.05) is 11.9 Å². The molecule has 17 heavy (non-hydrogen) atoms. The van der Waals surface area contributed by atoms with E-state index >= 15 is 0 Å². The summed E-state index contributed by atoms with van der Waals surface area (Å²) < 4.78 is 26.6. The van der Waals surface area contributed by atoms with Crippen molar-refractivity contribution in [2.45, 2.75) is 52.0 Å². The SMILES string of the molecule is CCC1CCC(NS(=O)(=O)CCCCCl)C1C. The Kier molecular flexibility index (Phi) is 6.24. The summed E-state index contributed by atoms with van der Waals surface area (Å²) in [5.41, 5.74) is 0. The normalized spacial score (nSPS) is 29.7. The van der Waals surface area contributed by atoms with Crippen LogP contribution in [0.2, 0.25) is 0 Å². The molecule has 102 valence electrons. The molecule has 1 rings (SSSR count). The molecule has 0 heterocycles.